The summed E-state index contributed by atoms with van der Waals surface area (Å²) in [6, 6.07) is 5.08. The van der Waals surface area contributed by atoms with Crippen LogP contribution in [0.3, 0.4) is 0 Å². The van der Waals surface area contributed by atoms with Crippen LogP contribution in [0.2, 0.25) is 5.15 Å². The van der Waals surface area contributed by atoms with Gasteiger partial charge in [-0.2, -0.15) is 0 Å². The van der Waals surface area contributed by atoms with Gasteiger partial charge < -0.3 is 5.32 Å². The third-order valence-electron chi connectivity index (χ3n) is 2.59. The molecule has 0 spiro atoms. The predicted octanol–water partition coefficient (Wildman–Crippen LogP) is 2.90. The summed E-state index contributed by atoms with van der Waals surface area (Å²) in [5.41, 5.74) is 0.373. The van der Waals surface area contributed by atoms with E-state index in [2.05, 4.69) is 31.1 Å². The Morgan fingerprint density at radius 1 is 1.44 bits per heavy atom. The number of amides is 1. The largest absolute Gasteiger partial charge is 0.348 e. The Hall–Kier alpha value is -1.09. The molecular formula is C12H17ClN2O. The summed E-state index contributed by atoms with van der Waals surface area (Å²) < 4.78 is 0. The maximum Gasteiger partial charge on any atom is 0.270 e. The molecule has 1 unspecified atom stereocenters. The van der Waals surface area contributed by atoms with Gasteiger partial charge in [-0.25, -0.2) is 4.98 Å². The van der Waals surface area contributed by atoms with E-state index < -0.39 is 0 Å². The van der Waals surface area contributed by atoms with Crippen molar-refractivity contribution in [3.05, 3.63) is 29.0 Å². The molecule has 0 saturated heterocycles. The monoisotopic (exact) mass is 240 g/mol. The van der Waals surface area contributed by atoms with E-state index in [1.54, 1.807) is 18.2 Å². The quantitative estimate of drug-likeness (QED) is 0.808. The molecule has 1 aromatic rings. The minimum Gasteiger partial charge on any atom is -0.348 e. The highest BCUT2D eigenvalue weighted by molar-refractivity contribution is 6.29. The number of halogens is 1. The number of carbonyl (C=O) groups excluding carboxylic acids is 1. The highest BCUT2D eigenvalue weighted by Gasteiger charge is 2.22. The average Bonchev–Trinajstić information content (AvgIpc) is 2.16. The molecule has 0 saturated carbocycles. The van der Waals surface area contributed by atoms with Crippen molar-refractivity contribution in [3.63, 3.8) is 0 Å². The predicted molar refractivity (Wildman–Crippen MR) is 65.6 cm³/mol. The van der Waals surface area contributed by atoms with E-state index in [0.29, 0.717) is 10.8 Å². The van der Waals surface area contributed by atoms with Crippen molar-refractivity contribution in [1.29, 1.82) is 0 Å². The smallest absolute Gasteiger partial charge is 0.270 e. The lowest BCUT2D eigenvalue weighted by Crippen LogP contribution is -2.41. The second-order valence-corrected chi connectivity index (χ2v) is 5.29. The van der Waals surface area contributed by atoms with Crippen LogP contribution in [0.25, 0.3) is 0 Å². The third kappa shape index (κ3) is 3.49. The van der Waals surface area contributed by atoms with Gasteiger partial charge in [-0.15, -0.1) is 0 Å². The molecule has 1 amide bonds. The van der Waals surface area contributed by atoms with Crippen molar-refractivity contribution in [2.75, 3.05) is 0 Å². The Morgan fingerprint density at radius 3 is 2.56 bits per heavy atom. The van der Waals surface area contributed by atoms with Crippen molar-refractivity contribution >= 4 is 17.5 Å². The minimum absolute atomic E-state index is 0.0221. The molecule has 0 aromatic carbocycles. The molecule has 0 aliphatic rings. The van der Waals surface area contributed by atoms with Crippen molar-refractivity contribution in [1.82, 2.24) is 10.3 Å². The van der Waals surface area contributed by atoms with Crippen LogP contribution >= 0.6 is 11.6 Å². The van der Waals surface area contributed by atoms with Gasteiger partial charge >= 0.3 is 0 Å². The third-order valence-corrected chi connectivity index (χ3v) is 2.80. The Kier molecular flexibility index (Phi) is 3.92. The molecule has 4 heteroatoms. The summed E-state index contributed by atoms with van der Waals surface area (Å²) in [6.45, 7) is 8.19. The zero-order chi connectivity index (χ0) is 12.3. The number of pyridine rings is 1. The standard InChI is InChI=1S/C12H17ClN2O/c1-8(12(2,3)4)14-11(16)9-6-5-7-10(13)15-9/h5-8H,1-4H3,(H,14,16). The Bertz CT molecular complexity index is 385. The van der Waals surface area contributed by atoms with E-state index in [4.69, 9.17) is 11.6 Å². The molecule has 1 N–H and O–H groups in total. The number of nitrogens with one attached hydrogen (secondary N) is 1. The molecule has 1 aromatic heterocycles. The number of aromatic nitrogens is 1. The summed E-state index contributed by atoms with van der Waals surface area (Å²) in [5.74, 6) is -0.190. The molecule has 16 heavy (non-hydrogen) atoms. The number of rotatable bonds is 2. The Morgan fingerprint density at radius 2 is 2.06 bits per heavy atom. The van der Waals surface area contributed by atoms with E-state index in [0.717, 1.165) is 0 Å². The molecule has 1 atom stereocenters. The first-order valence-electron chi connectivity index (χ1n) is 5.24. The SMILES string of the molecule is CC(NC(=O)c1cccc(Cl)n1)C(C)(C)C. The second-order valence-electron chi connectivity index (χ2n) is 4.91. The molecule has 1 rings (SSSR count). The Labute approximate surface area is 101 Å². The zero-order valence-electron chi connectivity index (χ0n) is 10.0. The summed E-state index contributed by atoms with van der Waals surface area (Å²) >= 11 is 5.72. The molecule has 0 bridgehead atoms. The van der Waals surface area contributed by atoms with E-state index in [-0.39, 0.29) is 17.4 Å². The lowest BCUT2D eigenvalue weighted by Gasteiger charge is -2.27. The highest BCUT2D eigenvalue weighted by atomic mass is 35.5. The molecule has 0 aliphatic heterocycles. The molecule has 0 fully saturated rings. The fourth-order valence-electron chi connectivity index (χ4n) is 1.02. The second kappa shape index (κ2) is 4.83. The minimum atomic E-state index is -0.190. The van der Waals surface area contributed by atoms with E-state index in [1.807, 2.05) is 6.92 Å². The Balaban J connectivity index is 2.74. The van der Waals surface area contributed by atoms with Crippen molar-refractivity contribution in [2.45, 2.75) is 33.7 Å². The summed E-state index contributed by atoms with van der Waals surface area (Å²) in [4.78, 5) is 15.8. The van der Waals surface area contributed by atoms with Gasteiger partial charge in [-0.3, -0.25) is 4.79 Å². The van der Waals surface area contributed by atoms with Crippen LogP contribution in [0.1, 0.15) is 38.2 Å². The topological polar surface area (TPSA) is 42.0 Å². The van der Waals surface area contributed by atoms with Gasteiger partial charge in [0.2, 0.25) is 0 Å². The molecule has 1 heterocycles. The van der Waals surface area contributed by atoms with Crippen LogP contribution in [0.15, 0.2) is 18.2 Å². The summed E-state index contributed by atoms with van der Waals surface area (Å²) in [5, 5.41) is 3.23. The lowest BCUT2D eigenvalue weighted by molar-refractivity contribution is 0.0905. The van der Waals surface area contributed by atoms with Gasteiger partial charge in [0, 0.05) is 6.04 Å². The van der Waals surface area contributed by atoms with E-state index in [1.165, 1.54) is 0 Å². The normalized spacial score (nSPS) is 13.3. The fraction of sp³-hybridized carbons (Fsp3) is 0.500. The highest BCUT2D eigenvalue weighted by Crippen LogP contribution is 2.18. The lowest BCUT2D eigenvalue weighted by atomic mass is 9.88. The number of nitrogens with zero attached hydrogens (tertiary/aromatic N) is 1. The first-order valence-corrected chi connectivity index (χ1v) is 5.62. The van der Waals surface area contributed by atoms with Crippen LogP contribution in [0.4, 0.5) is 0 Å². The van der Waals surface area contributed by atoms with Gasteiger partial charge in [0.25, 0.3) is 5.91 Å². The number of hydrogen-bond donors (Lipinski definition) is 1. The molecular weight excluding hydrogens is 224 g/mol. The van der Waals surface area contributed by atoms with Gasteiger partial charge in [-0.1, -0.05) is 38.4 Å². The van der Waals surface area contributed by atoms with Gasteiger partial charge in [0.15, 0.2) is 0 Å². The first-order chi connectivity index (χ1) is 7.30. The van der Waals surface area contributed by atoms with Crippen LogP contribution in [-0.4, -0.2) is 16.9 Å². The van der Waals surface area contributed by atoms with Crippen LogP contribution in [0, 0.1) is 5.41 Å². The summed E-state index contributed by atoms with van der Waals surface area (Å²) in [6.07, 6.45) is 0. The van der Waals surface area contributed by atoms with Crippen LogP contribution in [0.5, 0.6) is 0 Å². The number of hydrogen-bond acceptors (Lipinski definition) is 2. The van der Waals surface area contributed by atoms with Crippen molar-refractivity contribution in [2.24, 2.45) is 5.41 Å². The molecule has 0 aliphatic carbocycles. The van der Waals surface area contributed by atoms with Gasteiger partial charge in [0.05, 0.1) is 0 Å². The van der Waals surface area contributed by atoms with E-state index >= 15 is 0 Å². The van der Waals surface area contributed by atoms with E-state index in [9.17, 15) is 4.79 Å². The van der Waals surface area contributed by atoms with Gasteiger partial charge in [0.1, 0.15) is 10.8 Å². The molecule has 88 valence electrons. The zero-order valence-corrected chi connectivity index (χ0v) is 10.8. The molecule has 3 nitrogen and oxygen atoms in total. The number of carbonyl (C=O) groups is 1. The first kappa shape index (κ1) is 13.0. The van der Waals surface area contributed by atoms with Crippen LogP contribution in [-0.2, 0) is 0 Å². The maximum atomic E-state index is 11.8. The van der Waals surface area contributed by atoms with Crippen LogP contribution < -0.4 is 5.32 Å². The van der Waals surface area contributed by atoms with Gasteiger partial charge in [-0.05, 0) is 24.5 Å². The average molecular weight is 241 g/mol. The van der Waals surface area contributed by atoms with Crippen molar-refractivity contribution in [3.8, 4) is 0 Å². The molecule has 0 radical (unpaired) electrons. The fourth-order valence-corrected chi connectivity index (χ4v) is 1.19. The summed E-state index contributed by atoms with van der Waals surface area (Å²) in [7, 11) is 0. The van der Waals surface area contributed by atoms with Crippen molar-refractivity contribution < 1.29 is 4.79 Å². The maximum absolute atomic E-state index is 11.8.